The fourth-order valence-electron chi connectivity index (χ4n) is 11.1. The summed E-state index contributed by atoms with van der Waals surface area (Å²) in [6.45, 7) is 0. The number of nitriles is 6. The van der Waals surface area contributed by atoms with Crippen molar-refractivity contribution >= 4 is 65.4 Å². The van der Waals surface area contributed by atoms with Gasteiger partial charge in [-0.25, -0.2) is 15.0 Å². The Morgan fingerprint density at radius 1 is 0.253 bits per heavy atom. The first-order chi connectivity index (χ1) is 36.9. The van der Waals surface area contributed by atoms with Crippen LogP contribution < -0.4 is 0 Å². The van der Waals surface area contributed by atoms with Crippen molar-refractivity contribution in [1.82, 2.24) is 28.7 Å². The molecule has 6 aromatic heterocycles. The first-order valence-corrected chi connectivity index (χ1v) is 23.6. The number of hydrogen-bond acceptors (Lipinski definition) is 9. The molecule has 0 saturated heterocycles. The second-order valence-corrected chi connectivity index (χ2v) is 17.8. The van der Waals surface area contributed by atoms with Gasteiger partial charge in [0.25, 0.3) is 0 Å². The van der Waals surface area contributed by atoms with Gasteiger partial charge in [-0.15, -0.1) is 0 Å². The molecule has 342 valence electrons. The molecule has 0 spiro atoms. The fourth-order valence-corrected chi connectivity index (χ4v) is 11.1. The second-order valence-electron chi connectivity index (χ2n) is 17.8. The maximum atomic E-state index is 10.8. The topological polar surface area (TPSA) is 196 Å². The Bertz CT molecular complexity index is 4460. The number of benzene rings is 7. The van der Waals surface area contributed by atoms with Gasteiger partial charge in [0.2, 0.25) is 0 Å². The highest BCUT2D eigenvalue weighted by molar-refractivity contribution is 6.18. The van der Waals surface area contributed by atoms with E-state index in [4.69, 9.17) is 0 Å². The van der Waals surface area contributed by atoms with E-state index in [1.165, 1.54) is 0 Å². The minimum absolute atomic E-state index is 0.0396. The van der Waals surface area contributed by atoms with Gasteiger partial charge in [-0.3, -0.25) is 0 Å². The molecule has 0 fully saturated rings. The molecule has 13 aromatic rings. The van der Waals surface area contributed by atoms with E-state index in [1.807, 2.05) is 72.8 Å². The third kappa shape index (κ3) is 6.53. The Balaban J connectivity index is 1.48. The van der Waals surface area contributed by atoms with Crippen LogP contribution in [-0.4, -0.2) is 28.7 Å². The number of aromatic nitrogens is 6. The lowest BCUT2D eigenvalue weighted by molar-refractivity contribution is 1.05. The molecule has 0 amide bonds. The highest BCUT2D eigenvalue weighted by Gasteiger charge is 2.35. The van der Waals surface area contributed by atoms with Gasteiger partial charge in [0.15, 0.2) is 0 Å². The van der Waals surface area contributed by atoms with Crippen LogP contribution in [0.4, 0.5) is 0 Å². The minimum Gasteiger partial charge on any atom is -0.306 e. The number of pyridine rings is 3. The number of nitrogens with zero attached hydrogens (tertiary/aromatic N) is 12. The molecule has 13 rings (SSSR count). The zero-order valence-corrected chi connectivity index (χ0v) is 39.2. The minimum atomic E-state index is -0.0560. The van der Waals surface area contributed by atoms with Crippen LogP contribution in [0.3, 0.4) is 0 Å². The van der Waals surface area contributed by atoms with Crippen LogP contribution in [-0.2, 0) is 0 Å². The molecule has 0 aliphatic carbocycles. The largest absolute Gasteiger partial charge is 0.306 e. The van der Waals surface area contributed by atoms with Crippen molar-refractivity contribution < 1.29 is 0 Å². The van der Waals surface area contributed by atoms with Crippen LogP contribution in [0.1, 0.15) is 34.2 Å². The molecule has 75 heavy (non-hydrogen) atoms. The summed E-state index contributed by atoms with van der Waals surface area (Å²) in [5.74, 6) is 0. The van der Waals surface area contributed by atoms with Crippen molar-refractivity contribution in [1.29, 1.82) is 31.6 Å². The van der Waals surface area contributed by atoms with E-state index in [0.29, 0.717) is 50.4 Å². The monoisotopic (exact) mass is 954 g/mol. The Morgan fingerprint density at radius 2 is 0.453 bits per heavy atom. The summed E-state index contributed by atoms with van der Waals surface area (Å²) in [4.78, 5) is 13.3. The summed E-state index contributed by atoms with van der Waals surface area (Å²) < 4.78 is 6.68. The SMILES string of the molecule is N#Cc1cc(-c2c(-c3cc(C#N)nc(C#N)c3)c(-n3c4ccccc4c4ccccc43)c(-n3c4ccccc4c4ccccc43)c(-n3c4ccccc4c4ccccc43)c2-c2cc(C#N)nc(C#N)c2)cc(C#N)n1. The molecule has 0 aliphatic heterocycles. The van der Waals surface area contributed by atoms with E-state index in [0.717, 1.165) is 65.4 Å². The zero-order valence-electron chi connectivity index (χ0n) is 39.2. The molecule has 7 aromatic carbocycles. The normalized spacial score (nSPS) is 11.1. The van der Waals surface area contributed by atoms with Crippen molar-refractivity contribution in [2.24, 2.45) is 0 Å². The highest BCUT2D eigenvalue weighted by Crippen LogP contribution is 2.55. The van der Waals surface area contributed by atoms with Crippen LogP contribution in [0, 0.1) is 68.0 Å². The molecule has 0 unspecified atom stereocenters. The van der Waals surface area contributed by atoms with E-state index < -0.39 is 0 Å². The van der Waals surface area contributed by atoms with Gasteiger partial charge in [0, 0.05) is 49.0 Å². The van der Waals surface area contributed by atoms with E-state index in [-0.39, 0.29) is 34.2 Å². The molecule has 12 nitrogen and oxygen atoms in total. The molecule has 6 heterocycles. The van der Waals surface area contributed by atoms with E-state index >= 15 is 0 Å². The second kappa shape index (κ2) is 17.0. The van der Waals surface area contributed by atoms with Crippen LogP contribution in [0.15, 0.2) is 182 Å². The van der Waals surface area contributed by atoms with Gasteiger partial charge in [0.1, 0.15) is 70.6 Å². The van der Waals surface area contributed by atoms with Crippen LogP contribution in [0.5, 0.6) is 0 Å². The highest BCUT2D eigenvalue weighted by atomic mass is 15.1. The Kier molecular flexibility index (Phi) is 9.85. The van der Waals surface area contributed by atoms with Gasteiger partial charge in [-0.05, 0) is 89.5 Å². The summed E-state index contributed by atoms with van der Waals surface area (Å²) in [6.07, 6.45) is 0. The number of para-hydroxylation sites is 6. The standard InChI is InChI=1S/C63H30N12/c64-31-40-25-37(26-41(32-65)70-40)58-59(38-27-42(33-66)71-43(28-38)34-67)61(73-52-19-7-1-13-46(52)47-14-2-8-20-53(47)73)63(75-56-23-11-5-17-50(56)51-18-6-12-24-57(51)75)62(60(58)39-29-44(35-68)72-45(30-39)36-69)74-54-21-9-3-15-48(54)49-16-4-10-22-55(49)74/h1-30H. The van der Waals surface area contributed by atoms with Crippen molar-refractivity contribution in [2.75, 3.05) is 0 Å². The molecule has 12 heteroatoms. The van der Waals surface area contributed by atoms with E-state index in [2.05, 4.69) is 138 Å². The van der Waals surface area contributed by atoms with Crippen molar-refractivity contribution in [3.8, 4) is 86.9 Å². The summed E-state index contributed by atoms with van der Waals surface area (Å²) in [5, 5.41) is 70.2. The predicted octanol–water partition coefficient (Wildman–Crippen LogP) is 13.4. The lowest BCUT2D eigenvalue weighted by Gasteiger charge is -2.31. The molecule has 0 radical (unpaired) electrons. The first-order valence-electron chi connectivity index (χ1n) is 23.6. The maximum Gasteiger partial charge on any atom is 0.142 e. The van der Waals surface area contributed by atoms with Gasteiger partial charge in [-0.1, -0.05) is 109 Å². The molecule has 0 aliphatic rings. The van der Waals surface area contributed by atoms with Gasteiger partial charge in [0.05, 0.1) is 50.2 Å². The zero-order chi connectivity index (χ0) is 50.9. The maximum absolute atomic E-state index is 10.8. The lowest BCUT2D eigenvalue weighted by Crippen LogP contribution is -2.14. The molecule has 0 N–H and O–H groups in total. The van der Waals surface area contributed by atoms with Gasteiger partial charge < -0.3 is 13.7 Å². The number of hydrogen-bond donors (Lipinski definition) is 0. The lowest BCUT2D eigenvalue weighted by atomic mass is 9.83. The molecular weight excluding hydrogens is 925 g/mol. The van der Waals surface area contributed by atoms with Crippen LogP contribution in [0.25, 0.3) is 116 Å². The molecule has 0 bridgehead atoms. The summed E-state index contributed by atoms with van der Waals surface area (Å²) in [5.41, 5.74) is 8.94. The van der Waals surface area contributed by atoms with E-state index in [1.54, 1.807) is 36.4 Å². The summed E-state index contributed by atoms with van der Waals surface area (Å²) in [7, 11) is 0. The van der Waals surface area contributed by atoms with Crippen molar-refractivity contribution in [3.05, 3.63) is 216 Å². The summed E-state index contributed by atoms with van der Waals surface area (Å²) >= 11 is 0. The Hall–Kier alpha value is -11.7. The summed E-state index contributed by atoms with van der Waals surface area (Å²) in [6, 6.07) is 71.9. The quantitative estimate of drug-likeness (QED) is 0.156. The van der Waals surface area contributed by atoms with Gasteiger partial charge in [-0.2, -0.15) is 31.6 Å². The van der Waals surface area contributed by atoms with Gasteiger partial charge >= 0.3 is 0 Å². The Morgan fingerprint density at radius 3 is 0.680 bits per heavy atom. The van der Waals surface area contributed by atoms with Crippen LogP contribution >= 0.6 is 0 Å². The average Bonchev–Trinajstić information content (AvgIpc) is 4.11. The fraction of sp³-hybridized carbons (Fsp3) is 0. The predicted molar refractivity (Wildman–Crippen MR) is 287 cm³/mol. The van der Waals surface area contributed by atoms with E-state index in [9.17, 15) is 31.6 Å². The molecule has 0 saturated carbocycles. The van der Waals surface area contributed by atoms with Crippen molar-refractivity contribution in [3.63, 3.8) is 0 Å². The van der Waals surface area contributed by atoms with Crippen molar-refractivity contribution in [2.45, 2.75) is 0 Å². The number of rotatable bonds is 6. The van der Waals surface area contributed by atoms with Crippen LogP contribution in [0.2, 0.25) is 0 Å². The number of fused-ring (bicyclic) bond motifs is 9. The molecule has 0 atom stereocenters. The average molecular weight is 955 g/mol. The molecular formula is C63H30N12. The first kappa shape index (κ1) is 43.4. The third-order valence-corrected chi connectivity index (χ3v) is 13.9. The smallest absolute Gasteiger partial charge is 0.142 e. The Labute approximate surface area is 426 Å². The third-order valence-electron chi connectivity index (χ3n) is 13.9.